The molecule has 0 amide bonds. The van der Waals surface area contributed by atoms with Crippen LogP contribution in [0.1, 0.15) is 31.4 Å². The Hall–Kier alpha value is -3.69. The minimum absolute atomic E-state index is 0.0255. The lowest BCUT2D eigenvalue weighted by Gasteiger charge is -2.30. The second-order valence-electron chi connectivity index (χ2n) is 8.52. The van der Waals surface area contributed by atoms with E-state index >= 15 is 0 Å². The number of hydrogen-bond donors (Lipinski definition) is 2. The molecule has 0 aliphatic heterocycles. The van der Waals surface area contributed by atoms with Crippen molar-refractivity contribution in [3.8, 4) is 17.4 Å². The van der Waals surface area contributed by atoms with Crippen molar-refractivity contribution in [3.63, 3.8) is 0 Å². The van der Waals surface area contributed by atoms with Gasteiger partial charge in [0.2, 0.25) is 0 Å². The van der Waals surface area contributed by atoms with Crippen molar-refractivity contribution < 1.29 is 17.9 Å². The molecule has 10 heteroatoms. The molecule has 1 aromatic carbocycles. The van der Waals surface area contributed by atoms with Crippen molar-refractivity contribution in [3.05, 3.63) is 59.9 Å². The third kappa shape index (κ3) is 4.52. The third-order valence-electron chi connectivity index (χ3n) is 6.19. The average molecular weight is 468 g/mol. The number of aromatic nitrogens is 5. The van der Waals surface area contributed by atoms with E-state index in [0.29, 0.717) is 22.9 Å². The van der Waals surface area contributed by atoms with Crippen molar-refractivity contribution in [1.82, 2.24) is 24.9 Å². The summed E-state index contributed by atoms with van der Waals surface area (Å²) in [7, 11) is 1.54. The molecule has 4 aromatic rings. The number of methoxy groups -OCH3 is 1. The van der Waals surface area contributed by atoms with Crippen LogP contribution in [0.3, 0.4) is 0 Å². The van der Waals surface area contributed by atoms with Crippen LogP contribution in [0, 0.1) is 23.4 Å². The maximum atomic E-state index is 14.6. The molecule has 1 saturated carbocycles. The molecule has 0 radical (unpaired) electrons. The average Bonchev–Trinajstić information content (AvgIpc) is 3.25. The number of nitrogens with zero attached hydrogens (tertiary/aromatic N) is 4. The minimum Gasteiger partial charge on any atom is -0.467 e. The summed E-state index contributed by atoms with van der Waals surface area (Å²) in [6, 6.07) is 4.26. The van der Waals surface area contributed by atoms with Crippen LogP contribution in [0.15, 0.2) is 36.8 Å². The van der Waals surface area contributed by atoms with E-state index in [4.69, 9.17) is 4.74 Å². The summed E-state index contributed by atoms with van der Waals surface area (Å²) in [6.45, 7) is 0. The number of halogens is 3. The second-order valence-corrected chi connectivity index (χ2v) is 8.52. The van der Waals surface area contributed by atoms with E-state index in [9.17, 15) is 13.2 Å². The highest BCUT2D eigenvalue weighted by Gasteiger charge is 2.24. The van der Waals surface area contributed by atoms with E-state index in [1.807, 2.05) is 6.07 Å². The standard InChI is InChI=1S/C24H23F3N6O/c1-34-24-28-6-5-16(32-24)8-13-3-2-4-15(7-13)31-23-20(27)12-30-22(33-23)18-11-29-21-17(18)9-14(25)10-19(21)26/h5-6,9-13,15,29H,2-4,7-8H2,1H3,(H,30,31,33)/t13-,15+/m1/s1. The molecule has 176 valence electrons. The quantitative estimate of drug-likeness (QED) is 0.412. The van der Waals surface area contributed by atoms with Crippen molar-refractivity contribution in [2.24, 2.45) is 5.92 Å². The van der Waals surface area contributed by atoms with Gasteiger partial charge in [-0.05, 0) is 43.7 Å². The van der Waals surface area contributed by atoms with Gasteiger partial charge in [-0.2, -0.15) is 0 Å². The first-order valence-electron chi connectivity index (χ1n) is 11.1. The Morgan fingerprint density at radius 1 is 1.12 bits per heavy atom. The van der Waals surface area contributed by atoms with Crippen molar-refractivity contribution in [2.75, 3.05) is 12.4 Å². The van der Waals surface area contributed by atoms with Crippen LogP contribution in [0.4, 0.5) is 19.0 Å². The first kappa shape index (κ1) is 22.1. The number of ether oxygens (including phenoxy) is 1. The van der Waals surface area contributed by atoms with E-state index in [1.54, 1.807) is 6.20 Å². The predicted octanol–water partition coefficient (Wildman–Crippen LogP) is 5.05. The zero-order valence-corrected chi connectivity index (χ0v) is 18.5. The summed E-state index contributed by atoms with van der Waals surface area (Å²) in [5.74, 6) is -1.37. The van der Waals surface area contributed by atoms with E-state index in [-0.39, 0.29) is 23.2 Å². The summed E-state index contributed by atoms with van der Waals surface area (Å²) in [5, 5.41) is 3.52. The molecule has 2 N–H and O–H groups in total. The van der Waals surface area contributed by atoms with Gasteiger partial charge in [0, 0.05) is 41.1 Å². The third-order valence-corrected chi connectivity index (χ3v) is 6.19. The SMILES string of the molecule is COc1nccc(C[C@@H]2CCC[C@H](Nc3nc(-c4c[nH]c5c(F)cc(F)cc45)ncc3F)C2)n1. The number of fused-ring (bicyclic) bond motifs is 1. The summed E-state index contributed by atoms with van der Waals surface area (Å²) >= 11 is 0. The summed E-state index contributed by atoms with van der Waals surface area (Å²) in [6.07, 6.45) is 8.78. The number of anilines is 1. The number of H-pyrrole nitrogens is 1. The lowest BCUT2D eigenvalue weighted by Crippen LogP contribution is -2.29. The molecule has 0 bridgehead atoms. The maximum Gasteiger partial charge on any atom is 0.316 e. The molecule has 3 heterocycles. The number of hydrogen-bond acceptors (Lipinski definition) is 6. The molecule has 1 fully saturated rings. The molecule has 3 aromatic heterocycles. The highest BCUT2D eigenvalue weighted by atomic mass is 19.1. The van der Waals surface area contributed by atoms with Crippen LogP contribution >= 0.6 is 0 Å². The van der Waals surface area contributed by atoms with Gasteiger partial charge < -0.3 is 15.0 Å². The lowest BCUT2D eigenvalue weighted by molar-refractivity contribution is 0.327. The Morgan fingerprint density at radius 3 is 2.85 bits per heavy atom. The monoisotopic (exact) mass is 468 g/mol. The molecular weight excluding hydrogens is 445 g/mol. The van der Waals surface area contributed by atoms with Gasteiger partial charge in [-0.1, -0.05) is 6.42 Å². The molecule has 1 aliphatic carbocycles. The van der Waals surface area contributed by atoms with Crippen LogP contribution < -0.4 is 10.1 Å². The van der Waals surface area contributed by atoms with Crippen molar-refractivity contribution in [2.45, 2.75) is 38.1 Å². The Labute approximate surface area is 193 Å². The van der Waals surface area contributed by atoms with Crippen molar-refractivity contribution >= 4 is 16.7 Å². The fraction of sp³-hybridized carbons (Fsp3) is 0.333. The largest absolute Gasteiger partial charge is 0.467 e. The Balaban J connectivity index is 1.34. The molecule has 1 aliphatic rings. The van der Waals surface area contributed by atoms with Gasteiger partial charge in [-0.25, -0.2) is 33.1 Å². The molecule has 5 rings (SSSR count). The number of benzene rings is 1. The van der Waals surface area contributed by atoms with Gasteiger partial charge in [-0.15, -0.1) is 0 Å². The van der Waals surface area contributed by atoms with Crippen LogP contribution in [0.25, 0.3) is 22.3 Å². The van der Waals surface area contributed by atoms with Crippen molar-refractivity contribution in [1.29, 1.82) is 0 Å². The number of nitrogens with one attached hydrogen (secondary N) is 2. The Bertz CT molecular complexity index is 1330. The zero-order valence-electron chi connectivity index (χ0n) is 18.5. The maximum absolute atomic E-state index is 14.6. The first-order valence-corrected chi connectivity index (χ1v) is 11.1. The van der Waals surface area contributed by atoms with Gasteiger partial charge in [0.15, 0.2) is 17.5 Å². The second kappa shape index (κ2) is 9.28. The Kier molecular flexibility index (Phi) is 6.04. The van der Waals surface area contributed by atoms with Gasteiger partial charge in [-0.3, -0.25) is 0 Å². The fourth-order valence-electron chi connectivity index (χ4n) is 4.62. The van der Waals surface area contributed by atoms with Crippen LogP contribution in [-0.4, -0.2) is 38.1 Å². The predicted molar refractivity (Wildman–Crippen MR) is 121 cm³/mol. The smallest absolute Gasteiger partial charge is 0.316 e. The van der Waals surface area contributed by atoms with Crippen LogP contribution in [-0.2, 0) is 6.42 Å². The Morgan fingerprint density at radius 2 is 2.00 bits per heavy atom. The molecule has 0 saturated heterocycles. The molecule has 7 nitrogen and oxygen atoms in total. The van der Waals surface area contributed by atoms with E-state index in [1.165, 1.54) is 19.4 Å². The number of rotatable bonds is 6. The summed E-state index contributed by atoms with van der Waals surface area (Å²) < 4.78 is 47.5. The normalized spacial score (nSPS) is 18.2. The van der Waals surface area contributed by atoms with Gasteiger partial charge in [0.1, 0.15) is 11.6 Å². The molecule has 0 unspecified atom stereocenters. The summed E-state index contributed by atoms with van der Waals surface area (Å²) in [5.41, 5.74) is 1.46. The number of aromatic amines is 1. The summed E-state index contributed by atoms with van der Waals surface area (Å²) in [4.78, 5) is 19.6. The fourth-order valence-corrected chi connectivity index (χ4v) is 4.62. The topological polar surface area (TPSA) is 88.6 Å². The molecule has 34 heavy (non-hydrogen) atoms. The molecule has 2 atom stereocenters. The highest BCUT2D eigenvalue weighted by molar-refractivity contribution is 5.94. The van der Waals surface area contributed by atoms with Crippen LogP contribution in [0.2, 0.25) is 0 Å². The molecular formula is C24H23F3N6O. The van der Waals surface area contributed by atoms with Gasteiger partial charge in [0.25, 0.3) is 0 Å². The van der Waals surface area contributed by atoms with Crippen LogP contribution in [0.5, 0.6) is 6.01 Å². The highest BCUT2D eigenvalue weighted by Crippen LogP contribution is 2.32. The first-order chi connectivity index (χ1) is 16.5. The van der Waals surface area contributed by atoms with E-state index in [0.717, 1.165) is 50.1 Å². The van der Waals surface area contributed by atoms with Gasteiger partial charge in [0.05, 0.1) is 18.8 Å². The molecule has 0 spiro atoms. The van der Waals surface area contributed by atoms with Gasteiger partial charge >= 0.3 is 6.01 Å². The zero-order chi connectivity index (χ0) is 23.7. The van der Waals surface area contributed by atoms with E-state index < -0.39 is 17.5 Å². The lowest BCUT2D eigenvalue weighted by atomic mass is 9.83. The minimum atomic E-state index is -0.712. The van der Waals surface area contributed by atoms with E-state index in [2.05, 4.69) is 30.2 Å².